The van der Waals surface area contributed by atoms with E-state index in [1.807, 2.05) is 0 Å². The number of halogens is 5. The molecule has 19 heavy (non-hydrogen) atoms. The summed E-state index contributed by atoms with van der Waals surface area (Å²) in [5, 5.41) is 0. The van der Waals surface area contributed by atoms with Gasteiger partial charge in [0.2, 0.25) is 0 Å². The van der Waals surface area contributed by atoms with Gasteiger partial charge in [0.15, 0.2) is 0 Å². The Bertz CT molecular complexity index is 405. The fraction of sp³-hybridized carbons (Fsp3) is 0.500. The normalized spacial score (nSPS) is 14.2. The lowest BCUT2D eigenvalue weighted by atomic mass is 10.0. The Hall–Kier alpha value is -1.21. The Labute approximate surface area is 108 Å². The van der Waals surface area contributed by atoms with Crippen LogP contribution in [-0.4, -0.2) is 31.5 Å². The second-order valence-corrected chi connectivity index (χ2v) is 4.34. The van der Waals surface area contributed by atoms with Gasteiger partial charge in [-0.1, -0.05) is 12.1 Å². The number of hydrogen-bond donors (Lipinski definition) is 1. The zero-order chi connectivity index (χ0) is 14.6. The highest BCUT2D eigenvalue weighted by Crippen LogP contribution is 2.30. The quantitative estimate of drug-likeness (QED) is 0.841. The van der Waals surface area contributed by atoms with Crippen LogP contribution in [0.1, 0.15) is 17.2 Å². The van der Waals surface area contributed by atoms with Crippen LogP contribution in [-0.2, 0) is 6.18 Å². The van der Waals surface area contributed by atoms with E-state index in [9.17, 15) is 22.0 Å². The molecule has 0 aliphatic heterocycles. The lowest BCUT2D eigenvalue weighted by molar-refractivity contribution is -0.137. The Morgan fingerprint density at radius 2 is 1.84 bits per heavy atom. The average molecular weight is 282 g/mol. The minimum atomic E-state index is -4.44. The van der Waals surface area contributed by atoms with Crippen molar-refractivity contribution >= 4 is 0 Å². The van der Waals surface area contributed by atoms with Crippen molar-refractivity contribution in [3.8, 4) is 0 Å². The standard InChI is InChI=1S/C12H15F5N2/c1-19(7-11(13)14)6-10(18)8-3-2-4-9(5-8)12(15,16)17/h2-5,10-11H,6-7,18H2,1H3. The number of alkyl halides is 5. The highest BCUT2D eigenvalue weighted by molar-refractivity contribution is 5.28. The summed E-state index contributed by atoms with van der Waals surface area (Å²) in [5.41, 5.74) is 5.21. The number of nitrogens with two attached hydrogens (primary N) is 1. The first kappa shape index (κ1) is 15.8. The largest absolute Gasteiger partial charge is 0.416 e. The molecule has 0 aliphatic rings. The fourth-order valence-electron chi connectivity index (χ4n) is 1.70. The van der Waals surface area contributed by atoms with Crippen LogP contribution < -0.4 is 5.73 Å². The van der Waals surface area contributed by atoms with Crippen LogP contribution in [0, 0.1) is 0 Å². The summed E-state index contributed by atoms with van der Waals surface area (Å²) in [7, 11) is 1.44. The molecule has 0 spiro atoms. The summed E-state index contributed by atoms with van der Waals surface area (Å²) in [4.78, 5) is 1.29. The molecule has 7 heteroatoms. The molecule has 0 aliphatic carbocycles. The maximum Gasteiger partial charge on any atom is 0.416 e. The van der Waals surface area contributed by atoms with Crippen molar-refractivity contribution in [2.75, 3.05) is 20.1 Å². The van der Waals surface area contributed by atoms with E-state index >= 15 is 0 Å². The third kappa shape index (κ3) is 5.12. The molecule has 1 aromatic carbocycles. The highest BCUT2D eigenvalue weighted by atomic mass is 19.4. The Morgan fingerprint density at radius 1 is 1.21 bits per heavy atom. The zero-order valence-electron chi connectivity index (χ0n) is 10.3. The molecule has 2 nitrogen and oxygen atoms in total. The molecule has 0 saturated carbocycles. The van der Waals surface area contributed by atoms with Crippen molar-refractivity contribution in [1.29, 1.82) is 0 Å². The van der Waals surface area contributed by atoms with Gasteiger partial charge in [0.25, 0.3) is 6.43 Å². The van der Waals surface area contributed by atoms with Crippen LogP contribution >= 0.6 is 0 Å². The van der Waals surface area contributed by atoms with E-state index in [1.165, 1.54) is 24.1 Å². The molecule has 1 rings (SSSR count). The van der Waals surface area contributed by atoms with Crippen LogP contribution in [0.4, 0.5) is 22.0 Å². The van der Waals surface area contributed by atoms with Crippen molar-refractivity contribution in [1.82, 2.24) is 4.90 Å². The van der Waals surface area contributed by atoms with Crippen LogP contribution in [0.15, 0.2) is 24.3 Å². The first-order valence-corrected chi connectivity index (χ1v) is 5.59. The Morgan fingerprint density at radius 3 is 2.37 bits per heavy atom. The molecular formula is C12H15F5N2. The van der Waals surface area contributed by atoms with Crippen LogP contribution in [0.3, 0.4) is 0 Å². The van der Waals surface area contributed by atoms with Gasteiger partial charge in [-0.2, -0.15) is 13.2 Å². The number of likely N-dealkylation sites (N-methyl/N-ethyl adjacent to an activating group) is 1. The summed E-state index contributed by atoms with van der Waals surface area (Å²) in [5.74, 6) is 0. The van der Waals surface area contributed by atoms with Gasteiger partial charge in [-0.15, -0.1) is 0 Å². The molecule has 0 bridgehead atoms. The smallest absolute Gasteiger partial charge is 0.323 e. The topological polar surface area (TPSA) is 29.3 Å². The van der Waals surface area contributed by atoms with E-state index < -0.39 is 30.8 Å². The number of nitrogens with zero attached hydrogens (tertiary/aromatic N) is 1. The summed E-state index contributed by atoms with van der Waals surface area (Å²) >= 11 is 0. The maximum absolute atomic E-state index is 12.5. The molecule has 0 radical (unpaired) electrons. The van der Waals surface area contributed by atoms with Crippen LogP contribution in [0.2, 0.25) is 0 Å². The van der Waals surface area contributed by atoms with Gasteiger partial charge >= 0.3 is 6.18 Å². The van der Waals surface area contributed by atoms with Crippen molar-refractivity contribution < 1.29 is 22.0 Å². The van der Waals surface area contributed by atoms with Crippen LogP contribution in [0.25, 0.3) is 0 Å². The first-order chi connectivity index (χ1) is 8.70. The molecule has 0 fully saturated rings. The summed E-state index contributed by atoms with van der Waals surface area (Å²) < 4.78 is 61.8. The molecule has 2 N–H and O–H groups in total. The third-order valence-electron chi connectivity index (χ3n) is 2.60. The van der Waals surface area contributed by atoms with Gasteiger partial charge < -0.3 is 5.73 Å². The molecule has 1 atom stereocenters. The number of benzene rings is 1. The minimum Gasteiger partial charge on any atom is -0.323 e. The average Bonchev–Trinajstić information content (AvgIpc) is 2.26. The minimum absolute atomic E-state index is 0.0612. The van der Waals surface area contributed by atoms with E-state index in [0.717, 1.165) is 12.1 Å². The highest BCUT2D eigenvalue weighted by Gasteiger charge is 2.30. The van der Waals surface area contributed by atoms with Gasteiger partial charge in [0, 0.05) is 12.6 Å². The molecule has 108 valence electrons. The van der Waals surface area contributed by atoms with Crippen molar-refractivity contribution in [2.24, 2.45) is 5.73 Å². The van der Waals surface area contributed by atoms with E-state index in [4.69, 9.17) is 5.73 Å². The molecule has 1 aromatic rings. The Balaban J connectivity index is 2.74. The van der Waals surface area contributed by atoms with E-state index in [2.05, 4.69) is 0 Å². The van der Waals surface area contributed by atoms with Gasteiger partial charge in [-0.25, -0.2) is 8.78 Å². The van der Waals surface area contributed by atoms with Crippen LogP contribution in [0.5, 0.6) is 0 Å². The lowest BCUT2D eigenvalue weighted by Gasteiger charge is -2.21. The first-order valence-electron chi connectivity index (χ1n) is 5.59. The van der Waals surface area contributed by atoms with Crippen molar-refractivity contribution in [3.63, 3.8) is 0 Å². The predicted octanol–water partition coefficient (Wildman–Crippen LogP) is 2.90. The van der Waals surface area contributed by atoms with Crippen molar-refractivity contribution in [3.05, 3.63) is 35.4 Å². The molecule has 0 heterocycles. The predicted molar refractivity (Wildman–Crippen MR) is 61.9 cm³/mol. The van der Waals surface area contributed by atoms with Gasteiger partial charge in [0.05, 0.1) is 12.1 Å². The second-order valence-electron chi connectivity index (χ2n) is 4.34. The third-order valence-corrected chi connectivity index (χ3v) is 2.60. The SMILES string of the molecule is CN(CC(F)F)CC(N)c1cccc(C(F)(F)F)c1. The molecule has 0 aromatic heterocycles. The van der Waals surface area contributed by atoms with Gasteiger partial charge in [-0.05, 0) is 24.7 Å². The van der Waals surface area contributed by atoms with E-state index in [1.54, 1.807) is 0 Å². The van der Waals surface area contributed by atoms with E-state index in [0.29, 0.717) is 0 Å². The summed E-state index contributed by atoms with van der Waals surface area (Å²) in [6, 6.07) is 3.85. The van der Waals surface area contributed by atoms with Gasteiger partial charge in [0.1, 0.15) is 0 Å². The summed E-state index contributed by atoms with van der Waals surface area (Å²) in [6.07, 6.45) is -6.94. The molecule has 0 saturated heterocycles. The summed E-state index contributed by atoms with van der Waals surface area (Å²) in [6.45, 7) is -0.404. The van der Waals surface area contributed by atoms with E-state index in [-0.39, 0.29) is 12.1 Å². The Kier molecular flexibility index (Phi) is 5.25. The number of rotatable bonds is 5. The fourth-order valence-corrected chi connectivity index (χ4v) is 1.70. The van der Waals surface area contributed by atoms with Crippen molar-refractivity contribution in [2.45, 2.75) is 18.6 Å². The molecule has 1 unspecified atom stereocenters. The zero-order valence-corrected chi connectivity index (χ0v) is 10.3. The lowest BCUT2D eigenvalue weighted by Crippen LogP contribution is -2.32. The van der Waals surface area contributed by atoms with Gasteiger partial charge in [-0.3, -0.25) is 4.90 Å². The monoisotopic (exact) mass is 282 g/mol. The maximum atomic E-state index is 12.5. The molecular weight excluding hydrogens is 267 g/mol. The number of hydrogen-bond acceptors (Lipinski definition) is 2. The second kappa shape index (κ2) is 6.29. The molecule has 0 amide bonds.